The van der Waals surface area contributed by atoms with Crippen LogP contribution >= 0.6 is 0 Å². The molecule has 4 heterocycles. The van der Waals surface area contributed by atoms with E-state index in [1.54, 1.807) is 34.6 Å². The first-order valence-corrected chi connectivity index (χ1v) is 24.6. The average Bonchev–Trinajstić information content (AvgIpc) is 3.27. The Bertz CT molecular complexity index is 1860. The summed E-state index contributed by atoms with van der Waals surface area (Å²) in [6.45, 7) is 20.3. The number of methoxy groups -OCH3 is 1. The Hall–Kier alpha value is -2.42. The van der Waals surface area contributed by atoms with Crippen LogP contribution in [0.5, 0.6) is 0 Å². The number of aliphatic hydroxyl groups is 4. The highest BCUT2D eigenvalue weighted by atomic mass is 16.7. The lowest BCUT2D eigenvalue weighted by atomic mass is 9.77. The third-order valence-electron chi connectivity index (χ3n) is 15.0. The predicted molar refractivity (Wildman–Crippen MR) is 256 cm³/mol. The third-order valence-corrected chi connectivity index (χ3v) is 15.0. The minimum atomic E-state index is -1.81. The van der Waals surface area contributed by atoms with Crippen molar-refractivity contribution < 1.29 is 58.4 Å². The second-order valence-electron chi connectivity index (χ2n) is 21.1. The standard InChI is InChI=1S/C51H86N4O12/c1-15-40-51(10,60)44(56)34(6)55(13)29-30(2)25-49(8,59)46(32(4)42(33(5)47(58)65-40)66-41-26-50(9,61-14)45(57)35(7)64-41)67-48-43(39(54(11)12)23-31(3)63-48)62-22-18-21-52-27-36-24-37-19-16-17-20-38(37)53-28-36/h16-17,19-20,24,28,30-35,39-46,48,52,56-57,59-60H,15,18,21-23,25-27,29H2,1-14H3/t30-,31-,32+,33-,34-,35+,39+,40-,41+,42+,43-,44-,45+,46-,48+,49-,50-,51-/m1/s1. The highest BCUT2D eigenvalue weighted by Crippen LogP contribution is 2.40. The number of nitrogens with zero attached hydrogens (tertiary/aromatic N) is 3. The minimum absolute atomic E-state index is 0.0941. The van der Waals surface area contributed by atoms with Gasteiger partial charge >= 0.3 is 5.97 Å². The molecule has 3 saturated heterocycles. The van der Waals surface area contributed by atoms with E-state index in [1.807, 2.05) is 78.1 Å². The molecule has 1 aromatic heterocycles. The number of likely N-dealkylation sites (N-methyl/N-ethyl adjacent to an activating group) is 2. The van der Waals surface area contributed by atoms with E-state index in [1.165, 1.54) is 14.0 Å². The van der Waals surface area contributed by atoms with Crippen LogP contribution in [0.25, 0.3) is 10.9 Å². The van der Waals surface area contributed by atoms with E-state index in [-0.39, 0.29) is 37.3 Å². The molecule has 3 fully saturated rings. The number of nitrogens with one attached hydrogen (secondary N) is 1. The number of ether oxygens (including phenoxy) is 7. The Morgan fingerprint density at radius 2 is 1.67 bits per heavy atom. The molecule has 16 nitrogen and oxygen atoms in total. The van der Waals surface area contributed by atoms with Gasteiger partial charge in [-0.25, -0.2) is 0 Å². The molecular weight excluding hydrogens is 861 g/mol. The number of carbonyl (C=O) groups is 1. The van der Waals surface area contributed by atoms with Gasteiger partial charge in [-0.3, -0.25) is 9.78 Å². The molecule has 382 valence electrons. The molecule has 0 saturated carbocycles. The molecule has 1 aromatic carbocycles. The van der Waals surface area contributed by atoms with Crippen LogP contribution in [0.1, 0.15) is 107 Å². The Labute approximate surface area is 400 Å². The molecule has 18 atom stereocenters. The number of hydrogen-bond acceptors (Lipinski definition) is 16. The van der Waals surface area contributed by atoms with Crippen molar-refractivity contribution in [2.75, 3.05) is 47.9 Å². The van der Waals surface area contributed by atoms with Crippen LogP contribution in [0.4, 0.5) is 0 Å². The van der Waals surface area contributed by atoms with Gasteiger partial charge in [-0.15, -0.1) is 0 Å². The van der Waals surface area contributed by atoms with E-state index < -0.39 is 96.0 Å². The van der Waals surface area contributed by atoms with Crippen LogP contribution in [0.15, 0.2) is 36.5 Å². The van der Waals surface area contributed by atoms with Gasteiger partial charge in [0.25, 0.3) is 0 Å². The number of rotatable bonds is 14. The van der Waals surface area contributed by atoms with Crippen LogP contribution in [0.3, 0.4) is 0 Å². The summed E-state index contributed by atoms with van der Waals surface area (Å²) in [6.07, 6.45) is -4.72. The number of aromatic nitrogens is 1. The lowest BCUT2D eigenvalue weighted by molar-refractivity contribution is -0.321. The summed E-state index contributed by atoms with van der Waals surface area (Å²) in [5.74, 6) is -2.55. The molecule has 0 aliphatic carbocycles. The first kappa shape index (κ1) is 55.5. The summed E-state index contributed by atoms with van der Waals surface area (Å²) < 4.78 is 45.8. The monoisotopic (exact) mass is 947 g/mol. The first-order valence-electron chi connectivity index (χ1n) is 24.6. The molecule has 3 aliphatic rings. The second-order valence-corrected chi connectivity index (χ2v) is 21.1. The van der Waals surface area contributed by atoms with E-state index in [0.29, 0.717) is 39.1 Å². The average molecular weight is 947 g/mol. The summed E-state index contributed by atoms with van der Waals surface area (Å²) >= 11 is 0. The molecular formula is C51H86N4O12. The summed E-state index contributed by atoms with van der Waals surface area (Å²) in [4.78, 5) is 23.2. The summed E-state index contributed by atoms with van der Waals surface area (Å²) in [6, 6.07) is 9.58. The fraction of sp³-hybridized carbons (Fsp3) is 0.804. The SMILES string of the molecule is CC[C@H]1OC(=O)[C@H](C)[C@@H](O[C@H]2C[C@@](C)(OC)[C@@H](O)[C@H](C)O2)[C@H](C)[C@@H](O[C@@H]2O[C@H](C)C[C@H](N(C)C)[C@H]2OCCCNCc2cnc3ccccc3c2)[C@](C)(O)C[C@@H](C)CN(C)[C@H](C)[C@@H](O)[C@]1(C)O. The Morgan fingerprint density at radius 3 is 2.34 bits per heavy atom. The molecule has 2 aromatic rings. The van der Waals surface area contributed by atoms with Gasteiger partial charge in [-0.1, -0.05) is 39.0 Å². The van der Waals surface area contributed by atoms with Gasteiger partial charge < -0.3 is 68.7 Å². The van der Waals surface area contributed by atoms with Gasteiger partial charge in [0.05, 0.1) is 47.1 Å². The van der Waals surface area contributed by atoms with E-state index in [2.05, 4.69) is 27.3 Å². The van der Waals surface area contributed by atoms with Crippen LogP contribution < -0.4 is 5.32 Å². The summed E-state index contributed by atoms with van der Waals surface area (Å²) in [5.41, 5.74) is -2.33. The molecule has 0 spiro atoms. The second kappa shape index (κ2) is 23.7. The van der Waals surface area contributed by atoms with E-state index in [9.17, 15) is 25.2 Å². The largest absolute Gasteiger partial charge is 0.459 e. The van der Waals surface area contributed by atoms with Gasteiger partial charge in [-0.2, -0.15) is 0 Å². The van der Waals surface area contributed by atoms with Crippen molar-refractivity contribution in [3.05, 3.63) is 42.1 Å². The number of cyclic esters (lactones) is 1. The van der Waals surface area contributed by atoms with Crippen molar-refractivity contribution >= 4 is 16.9 Å². The minimum Gasteiger partial charge on any atom is -0.459 e. The van der Waals surface area contributed by atoms with Crippen LogP contribution in [-0.2, 0) is 44.5 Å². The Balaban J connectivity index is 1.48. The van der Waals surface area contributed by atoms with Crippen molar-refractivity contribution in [3.8, 4) is 0 Å². The molecule has 0 radical (unpaired) electrons. The van der Waals surface area contributed by atoms with Crippen molar-refractivity contribution in [1.82, 2.24) is 20.1 Å². The summed E-state index contributed by atoms with van der Waals surface area (Å²) in [5, 5.41) is 52.3. The number of para-hydroxylation sites is 1. The number of benzene rings is 1. The molecule has 67 heavy (non-hydrogen) atoms. The van der Waals surface area contributed by atoms with Crippen LogP contribution in [0, 0.1) is 17.8 Å². The molecule has 3 aliphatic heterocycles. The zero-order valence-corrected chi connectivity index (χ0v) is 42.9. The van der Waals surface area contributed by atoms with E-state index >= 15 is 0 Å². The van der Waals surface area contributed by atoms with E-state index in [0.717, 1.165) is 16.5 Å². The quantitative estimate of drug-likeness (QED) is 0.130. The Morgan fingerprint density at radius 1 is 0.970 bits per heavy atom. The molecule has 5 N–H and O–H groups in total. The van der Waals surface area contributed by atoms with Crippen molar-refractivity contribution in [3.63, 3.8) is 0 Å². The van der Waals surface area contributed by atoms with Crippen molar-refractivity contribution in [2.45, 2.75) is 198 Å². The highest BCUT2D eigenvalue weighted by molar-refractivity contribution is 5.78. The van der Waals surface area contributed by atoms with Gasteiger partial charge in [-0.05, 0) is 125 Å². The highest BCUT2D eigenvalue weighted by Gasteiger charge is 2.53. The van der Waals surface area contributed by atoms with Gasteiger partial charge in [0.2, 0.25) is 0 Å². The summed E-state index contributed by atoms with van der Waals surface area (Å²) in [7, 11) is 7.43. The molecule has 5 rings (SSSR count). The molecule has 0 bridgehead atoms. The fourth-order valence-corrected chi connectivity index (χ4v) is 10.8. The number of esters is 1. The van der Waals surface area contributed by atoms with Crippen LogP contribution in [-0.4, -0.2) is 179 Å². The topological polar surface area (TPSA) is 194 Å². The predicted octanol–water partition coefficient (Wildman–Crippen LogP) is 4.65. The smallest absolute Gasteiger partial charge is 0.311 e. The first-order chi connectivity index (χ1) is 31.4. The Kier molecular flexibility index (Phi) is 19.6. The molecule has 0 amide bonds. The number of fused-ring (bicyclic) bond motifs is 1. The number of aliphatic hydroxyl groups excluding tert-OH is 2. The maximum atomic E-state index is 14.5. The van der Waals surface area contributed by atoms with Crippen molar-refractivity contribution in [1.29, 1.82) is 0 Å². The normalized spacial score (nSPS) is 41.2. The van der Waals surface area contributed by atoms with E-state index in [4.69, 9.17) is 33.2 Å². The third kappa shape index (κ3) is 13.5. The maximum absolute atomic E-state index is 14.5. The number of carbonyl (C=O) groups excluding carboxylic acids is 1. The van der Waals surface area contributed by atoms with Gasteiger partial charge in [0.15, 0.2) is 12.6 Å². The molecule has 16 heteroatoms. The molecule has 0 unspecified atom stereocenters. The maximum Gasteiger partial charge on any atom is 0.311 e. The number of pyridine rings is 1. The zero-order chi connectivity index (χ0) is 49.6. The zero-order valence-electron chi connectivity index (χ0n) is 42.9. The fourth-order valence-electron chi connectivity index (χ4n) is 10.8. The van der Waals surface area contributed by atoms with Crippen molar-refractivity contribution in [2.24, 2.45) is 17.8 Å². The lowest BCUT2D eigenvalue weighted by Crippen LogP contribution is -2.61. The van der Waals surface area contributed by atoms with Gasteiger partial charge in [0, 0.05) is 62.8 Å². The van der Waals surface area contributed by atoms with Gasteiger partial charge in [0.1, 0.15) is 30.0 Å². The van der Waals surface area contributed by atoms with Crippen LogP contribution in [0.2, 0.25) is 0 Å². The number of hydrogen-bond donors (Lipinski definition) is 5. The lowest BCUT2D eigenvalue weighted by Gasteiger charge is -2.49.